The third-order valence-electron chi connectivity index (χ3n) is 4.78. The number of halogens is 1. The summed E-state index contributed by atoms with van der Waals surface area (Å²) in [5.41, 5.74) is 8.27. The van der Waals surface area contributed by atoms with E-state index in [-0.39, 0.29) is 17.7 Å². The van der Waals surface area contributed by atoms with Crippen molar-refractivity contribution in [2.45, 2.75) is 25.2 Å². The number of aryl methyl sites for hydroxylation is 1. The number of aromatic nitrogens is 3. The molecule has 7 heteroatoms. The van der Waals surface area contributed by atoms with E-state index in [9.17, 15) is 4.39 Å². The minimum Gasteiger partial charge on any atom is -0.370 e. The van der Waals surface area contributed by atoms with Crippen LogP contribution in [0.2, 0.25) is 0 Å². The van der Waals surface area contributed by atoms with Gasteiger partial charge in [0, 0.05) is 42.8 Å². The highest BCUT2D eigenvalue weighted by atomic mass is 19.1. The minimum atomic E-state index is -0.244. The Morgan fingerprint density at radius 3 is 2.68 bits per heavy atom. The summed E-state index contributed by atoms with van der Waals surface area (Å²) in [6.45, 7) is 1.20. The number of nitrogens with one attached hydrogen (secondary N) is 2. The Morgan fingerprint density at radius 2 is 2.00 bits per heavy atom. The number of nitrogens with two attached hydrogens (primary N) is 1. The van der Waals surface area contributed by atoms with Gasteiger partial charge in [0.25, 0.3) is 0 Å². The molecule has 0 aliphatic rings. The van der Waals surface area contributed by atoms with Gasteiger partial charge in [0.2, 0.25) is 0 Å². The van der Waals surface area contributed by atoms with E-state index in [0.717, 1.165) is 24.2 Å². The highest BCUT2D eigenvalue weighted by molar-refractivity contribution is 5.74. The van der Waals surface area contributed by atoms with E-state index in [1.165, 1.54) is 6.07 Å². The monoisotopic (exact) mass is 380 g/mol. The molecule has 0 bridgehead atoms. The molecule has 3 rings (SSSR count). The van der Waals surface area contributed by atoms with E-state index < -0.39 is 0 Å². The van der Waals surface area contributed by atoms with E-state index in [1.807, 2.05) is 29.2 Å². The average Bonchev–Trinajstić information content (AvgIpc) is 3.22. The topological polar surface area (TPSA) is 94.7 Å². The van der Waals surface area contributed by atoms with E-state index in [0.29, 0.717) is 25.1 Å². The summed E-state index contributed by atoms with van der Waals surface area (Å²) in [5.74, 6) is -0.415. The number of hydrogen-bond donors (Lipinski definition) is 3. The summed E-state index contributed by atoms with van der Waals surface area (Å²) < 4.78 is 14.5. The average molecular weight is 380 g/mol. The lowest BCUT2D eigenvalue weighted by Gasteiger charge is -2.26. The van der Waals surface area contributed by atoms with E-state index in [1.54, 1.807) is 30.9 Å². The molecule has 0 aliphatic heterocycles. The summed E-state index contributed by atoms with van der Waals surface area (Å²) in [5, 5.41) is 7.89. The van der Waals surface area contributed by atoms with Gasteiger partial charge in [-0.3, -0.25) is 10.4 Å². The van der Waals surface area contributed by atoms with Gasteiger partial charge in [-0.15, -0.1) is 0 Å². The SMILES string of the molecule is N=C(N)N(CCCc1cnc[nH]1)CCC(c1ccccn1)c1ccccc1F. The smallest absolute Gasteiger partial charge is 0.188 e. The maximum atomic E-state index is 14.5. The van der Waals surface area contributed by atoms with Gasteiger partial charge in [-0.05, 0) is 43.0 Å². The number of imidazole rings is 1. The van der Waals surface area contributed by atoms with Crippen LogP contribution in [0, 0.1) is 11.2 Å². The molecule has 0 saturated carbocycles. The predicted octanol–water partition coefficient (Wildman–Crippen LogP) is 3.29. The molecule has 0 spiro atoms. The lowest BCUT2D eigenvalue weighted by Crippen LogP contribution is -2.38. The van der Waals surface area contributed by atoms with Crippen molar-refractivity contribution in [1.29, 1.82) is 5.41 Å². The number of nitrogens with zero attached hydrogens (tertiary/aromatic N) is 3. The van der Waals surface area contributed by atoms with Crippen LogP contribution in [0.5, 0.6) is 0 Å². The first-order chi connectivity index (χ1) is 13.6. The van der Waals surface area contributed by atoms with Gasteiger partial charge in [0.15, 0.2) is 5.96 Å². The van der Waals surface area contributed by atoms with Gasteiger partial charge in [0.1, 0.15) is 5.82 Å². The van der Waals surface area contributed by atoms with E-state index >= 15 is 0 Å². The van der Waals surface area contributed by atoms with Gasteiger partial charge in [0.05, 0.1) is 6.33 Å². The molecule has 1 atom stereocenters. The van der Waals surface area contributed by atoms with Gasteiger partial charge in [-0.2, -0.15) is 0 Å². The Balaban J connectivity index is 1.68. The molecule has 4 N–H and O–H groups in total. The molecule has 1 aromatic carbocycles. The molecule has 0 radical (unpaired) electrons. The van der Waals surface area contributed by atoms with Crippen LogP contribution in [-0.2, 0) is 6.42 Å². The van der Waals surface area contributed by atoms with Crippen molar-refractivity contribution in [2.24, 2.45) is 5.73 Å². The number of pyridine rings is 1. The van der Waals surface area contributed by atoms with Crippen LogP contribution in [0.25, 0.3) is 0 Å². The summed E-state index contributed by atoms with van der Waals surface area (Å²) in [6.07, 6.45) is 7.46. The molecule has 6 nitrogen and oxygen atoms in total. The van der Waals surface area contributed by atoms with Gasteiger partial charge in [-0.1, -0.05) is 24.3 Å². The van der Waals surface area contributed by atoms with Crippen LogP contribution in [-0.4, -0.2) is 38.9 Å². The van der Waals surface area contributed by atoms with Crippen molar-refractivity contribution in [1.82, 2.24) is 19.9 Å². The lowest BCUT2D eigenvalue weighted by molar-refractivity contribution is 0.384. The van der Waals surface area contributed by atoms with Gasteiger partial charge in [-0.25, -0.2) is 9.37 Å². The Labute approximate surface area is 164 Å². The van der Waals surface area contributed by atoms with Crippen molar-refractivity contribution in [3.8, 4) is 0 Å². The second-order valence-corrected chi connectivity index (χ2v) is 6.67. The molecular formula is C21H25FN6. The number of rotatable bonds is 9. The Morgan fingerprint density at radius 1 is 1.18 bits per heavy atom. The molecule has 2 heterocycles. The predicted molar refractivity (Wildman–Crippen MR) is 107 cm³/mol. The van der Waals surface area contributed by atoms with Crippen LogP contribution < -0.4 is 5.73 Å². The maximum Gasteiger partial charge on any atom is 0.188 e. The zero-order valence-electron chi connectivity index (χ0n) is 15.7. The lowest BCUT2D eigenvalue weighted by atomic mass is 9.91. The number of aromatic amines is 1. The molecule has 146 valence electrons. The van der Waals surface area contributed by atoms with Crippen molar-refractivity contribution >= 4 is 5.96 Å². The maximum absolute atomic E-state index is 14.5. The second-order valence-electron chi connectivity index (χ2n) is 6.67. The van der Waals surface area contributed by atoms with Crippen molar-refractivity contribution in [2.75, 3.05) is 13.1 Å². The molecule has 2 aromatic heterocycles. The molecule has 3 aromatic rings. The second kappa shape index (κ2) is 9.64. The molecular weight excluding hydrogens is 355 g/mol. The van der Waals surface area contributed by atoms with Crippen LogP contribution in [0.15, 0.2) is 61.2 Å². The number of guanidine groups is 1. The fourth-order valence-corrected chi connectivity index (χ4v) is 3.32. The van der Waals surface area contributed by atoms with Crippen molar-refractivity contribution in [3.05, 3.63) is 84.0 Å². The first kappa shape index (κ1) is 19.5. The first-order valence-corrected chi connectivity index (χ1v) is 9.36. The normalized spacial score (nSPS) is 11.9. The highest BCUT2D eigenvalue weighted by Gasteiger charge is 2.20. The largest absolute Gasteiger partial charge is 0.370 e. The molecule has 0 fully saturated rings. The number of hydrogen-bond acceptors (Lipinski definition) is 3. The summed E-state index contributed by atoms with van der Waals surface area (Å²) in [4.78, 5) is 13.3. The fourth-order valence-electron chi connectivity index (χ4n) is 3.32. The Bertz CT molecular complexity index is 866. The zero-order chi connectivity index (χ0) is 19.8. The summed E-state index contributed by atoms with van der Waals surface area (Å²) >= 11 is 0. The molecule has 0 aliphatic carbocycles. The molecule has 28 heavy (non-hydrogen) atoms. The third-order valence-corrected chi connectivity index (χ3v) is 4.78. The third kappa shape index (κ3) is 5.16. The molecule has 1 unspecified atom stereocenters. The quantitative estimate of drug-likeness (QED) is 0.392. The standard InChI is InChI=1S/C21H25FN6/c22-19-8-2-1-7-17(19)18(20-9-3-4-11-26-20)10-13-28(21(23)24)12-5-6-16-14-25-15-27-16/h1-4,7-9,11,14-15,18H,5-6,10,12-13H2,(H3,23,24)(H,25,27). The van der Waals surface area contributed by atoms with Crippen molar-refractivity contribution in [3.63, 3.8) is 0 Å². The Kier molecular flexibility index (Phi) is 6.73. The summed E-state index contributed by atoms with van der Waals surface area (Å²) in [7, 11) is 0. The van der Waals surface area contributed by atoms with Crippen LogP contribution in [0.3, 0.4) is 0 Å². The van der Waals surface area contributed by atoms with Crippen LogP contribution in [0.4, 0.5) is 4.39 Å². The first-order valence-electron chi connectivity index (χ1n) is 9.36. The molecule has 0 saturated heterocycles. The summed E-state index contributed by atoms with van der Waals surface area (Å²) in [6, 6.07) is 12.5. The van der Waals surface area contributed by atoms with E-state index in [2.05, 4.69) is 15.0 Å². The Hall–Kier alpha value is -3.22. The van der Waals surface area contributed by atoms with Crippen LogP contribution in [0.1, 0.15) is 35.7 Å². The minimum absolute atomic E-state index is 0.0258. The highest BCUT2D eigenvalue weighted by Crippen LogP contribution is 2.28. The van der Waals surface area contributed by atoms with E-state index in [4.69, 9.17) is 11.1 Å². The molecule has 0 amide bonds. The van der Waals surface area contributed by atoms with Crippen LogP contribution >= 0.6 is 0 Å². The number of H-pyrrole nitrogens is 1. The zero-order valence-corrected chi connectivity index (χ0v) is 15.7. The van der Waals surface area contributed by atoms with Crippen molar-refractivity contribution < 1.29 is 4.39 Å². The fraction of sp³-hybridized carbons (Fsp3) is 0.286. The number of benzene rings is 1. The van der Waals surface area contributed by atoms with Gasteiger partial charge < -0.3 is 15.6 Å². The van der Waals surface area contributed by atoms with Gasteiger partial charge >= 0.3 is 0 Å².